The number of amides is 2. The van der Waals surface area contributed by atoms with E-state index < -0.39 is 15.8 Å². The first kappa shape index (κ1) is 24.2. The molecule has 32 heavy (non-hydrogen) atoms. The molecule has 172 valence electrons. The van der Waals surface area contributed by atoms with Crippen molar-refractivity contribution in [2.24, 2.45) is 5.92 Å². The topological polar surface area (TPSA) is 95.6 Å². The molecule has 0 aromatic heterocycles. The van der Waals surface area contributed by atoms with Crippen LogP contribution in [-0.4, -0.2) is 44.2 Å². The number of carbonyl (C=O) groups excluding carboxylic acids is 2. The van der Waals surface area contributed by atoms with E-state index in [4.69, 9.17) is 11.6 Å². The fourth-order valence-corrected chi connectivity index (χ4v) is 5.28. The third-order valence-corrected chi connectivity index (χ3v) is 7.63. The van der Waals surface area contributed by atoms with Crippen molar-refractivity contribution in [3.8, 4) is 0 Å². The molecular weight excluding hydrogens is 457 g/mol. The molecule has 2 aromatic carbocycles. The first-order valence-electron chi connectivity index (χ1n) is 10.3. The standard InChI is InChI=1S/C22H25ClFN3O4S/c1-3-25-21(28)16-5-4-14(2)20(12-16)26-22(29)15-8-10-27(11-9-15)32(30,31)17-6-7-19(24)18(23)13-17/h4-7,12-13,15H,3,8-11H2,1-2H3,(H,25,28)(H,26,29). The summed E-state index contributed by atoms with van der Waals surface area (Å²) in [4.78, 5) is 24.8. The predicted molar refractivity (Wildman–Crippen MR) is 121 cm³/mol. The zero-order chi connectivity index (χ0) is 23.5. The summed E-state index contributed by atoms with van der Waals surface area (Å²) >= 11 is 5.73. The largest absolute Gasteiger partial charge is 0.352 e. The van der Waals surface area contributed by atoms with Crippen LogP contribution in [0.15, 0.2) is 41.3 Å². The van der Waals surface area contributed by atoms with Crippen molar-refractivity contribution < 1.29 is 22.4 Å². The second-order valence-electron chi connectivity index (χ2n) is 7.63. The number of halogens is 2. The van der Waals surface area contributed by atoms with Crippen LogP contribution in [0, 0.1) is 18.7 Å². The van der Waals surface area contributed by atoms with Gasteiger partial charge in [0.25, 0.3) is 5.91 Å². The molecule has 2 amide bonds. The zero-order valence-electron chi connectivity index (χ0n) is 17.8. The highest BCUT2D eigenvalue weighted by atomic mass is 35.5. The smallest absolute Gasteiger partial charge is 0.251 e. The number of aryl methyl sites for hydroxylation is 1. The van der Waals surface area contributed by atoms with Crippen molar-refractivity contribution >= 4 is 39.1 Å². The molecule has 0 spiro atoms. The van der Waals surface area contributed by atoms with Crippen LogP contribution in [0.1, 0.15) is 35.7 Å². The van der Waals surface area contributed by atoms with E-state index in [0.717, 1.165) is 17.7 Å². The second kappa shape index (κ2) is 9.97. The molecule has 0 aliphatic carbocycles. The number of hydrogen-bond acceptors (Lipinski definition) is 4. The summed E-state index contributed by atoms with van der Waals surface area (Å²) in [5, 5.41) is 5.33. The highest BCUT2D eigenvalue weighted by Gasteiger charge is 2.32. The number of anilines is 1. The number of sulfonamides is 1. The Bertz CT molecular complexity index is 1130. The Kier molecular flexibility index (Phi) is 7.53. The van der Waals surface area contributed by atoms with Gasteiger partial charge in [-0.1, -0.05) is 17.7 Å². The zero-order valence-corrected chi connectivity index (χ0v) is 19.4. The van der Waals surface area contributed by atoms with Crippen LogP contribution >= 0.6 is 11.6 Å². The van der Waals surface area contributed by atoms with Crippen LogP contribution in [-0.2, 0) is 14.8 Å². The van der Waals surface area contributed by atoms with Gasteiger partial charge in [-0.05, 0) is 62.6 Å². The maximum absolute atomic E-state index is 13.4. The van der Waals surface area contributed by atoms with E-state index in [2.05, 4.69) is 10.6 Å². The molecule has 1 aliphatic heterocycles. The van der Waals surface area contributed by atoms with Crippen molar-refractivity contribution in [1.29, 1.82) is 0 Å². The van der Waals surface area contributed by atoms with Crippen molar-refractivity contribution in [3.05, 3.63) is 58.4 Å². The van der Waals surface area contributed by atoms with E-state index in [1.807, 2.05) is 13.8 Å². The van der Waals surface area contributed by atoms with Crippen LogP contribution in [0.3, 0.4) is 0 Å². The molecule has 3 rings (SSSR count). The Hall–Kier alpha value is -2.49. The molecule has 1 fully saturated rings. The molecule has 0 radical (unpaired) electrons. The number of piperidine rings is 1. The number of nitrogens with one attached hydrogen (secondary N) is 2. The minimum atomic E-state index is -3.83. The Morgan fingerprint density at radius 1 is 1.16 bits per heavy atom. The molecule has 1 heterocycles. The van der Waals surface area contributed by atoms with Crippen molar-refractivity contribution in [2.45, 2.75) is 31.6 Å². The first-order chi connectivity index (χ1) is 15.1. The SMILES string of the molecule is CCNC(=O)c1ccc(C)c(NC(=O)C2CCN(S(=O)(=O)c3ccc(F)c(Cl)c3)CC2)c1. The predicted octanol–water partition coefficient (Wildman–Crippen LogP) is 3.58. The quantitative estimate of drug-likeness (QED) is 0.659. The van der Waals surface area contributed by atoms with Crippen molar-refractivity contribution in [1.82, 2.24) is 9.62 Å². The molecule has 0 unspecified atom stereocenters. The van der Waals surface area contributed by atoms with E-state index in [9.17, 15) is 22.4 Å². The summed E-state index contributed by atoms with van der Waals surface area (Å²) in [6, 6.07) is 8.39. The van der Waals surface area contributed by atoms with Crippen LogP contribution in [0.4, 0.5) is 10.1 Å². The first-order valence-corrected chi connectivity index (χ1v) is 12.1. The van der Waals surface area contributed by atoms with E-state index in [1.54, 1.807) is 18.2 Å². The average Bonchev–Trinajstić information content (AvgIpc) is 2.77. The van der Waals surface area contributed by atoms with Crippen LogP contribution in [0.2, 0.25) is 5.02 Å². The Balaban J connectivity index is 1.65. The number of carbonyl (C=O) groups is 2. The maximum Gasteiger partial charge on any atom is 0.251 e. The summed E-state index contributed by atoms with van der Waals surface area (Å²) in [6.45, 7) is 4.48. The monoisotopic (exact) mass is 481 g/mol. The highest BCUT2D eigenvalue weighted by Crippen LogP contribution is 2.27. The van der Waals surface area contributed by atoms with E-state index in [-0.39, 0.29) is 40.7 Å². The summed E-state index contributed by atoms with van der Waals surface area (Å²) < 4.78 is 40.3. The van der Waals surface area contributed by atoms with Crippen molar-refractivity contribution in [2.75, 3.05) is 25.0 Å². The Morgan fingerprint density at radius 2 is 1.84 bits per heavy atom. The van der Waals surface area contributed by atoms with E-state index in [0.29, 0.717) is 30.6 Å². The number of benzene rings is 2. The molecule has 0 bridgehead atoms. The number of rotatable bonds is 6. The van der Waals surface area contributed by atoms with Gasteiger partial charge in [0.15, 0.2) is 0 Å². The van der Waals surface area contributed by atoms with E-state index in [1.165, 1.54) is 10.4 Å². The molecule has 1 aliphatic rings. The maximum atomic E-state index is 13.4. The lowest BCUT2D eigenvalue weighted by molar-refractivity contribution is -0.120. The van der Waals surface area contributed by atoms with Gasteiger partial charge in [0.1, 0.15) is 5.82 Å². The van der Waals surface area contributed by atoms with Crippen LogP contribution in [0.25, 0.3) is 0 Å². The molecule has 0 saturated carbocycles. The average molecular weight is 482 g/mol. The molecule has 1 saturated heterocycles. The number of nitrogens with zero attached hydrogens (tertiary/aromatic N) is 1. The highest BCUT2D eigenvalue weighted by molar-refractivity contribution is 7.89. The van der Waals surface area contributed by atoms with Crippen LogP contribution in [0.5, 0.6) is 0 Å². The van der Waals surface area contributed by atoms with Crippen LogP contribution < -0.4 is 10.6 Å². The molecule has 2 N–H and O–H groups in total. The Morgan fingerprint density at radius 3 is 2.47 bits per heavy atom. The van der Waals surface area contributed by atoms with E-state index >= 15 is 0 Å². The van der Waals surface area contributed by atoms with Crippen molar-refractivity contribution in [3.63, 3.8) is 0 Å². The number of hydrogen-bond donors (Lipinski definition) is 2. The third kappa shape index (κ3) is 5.28. The lowest BCUT2D eigenvalue weighted by Gasteiger charge is -2.30. The van der Waals surface area contributed by atoms with Gasteiger partial charge in [-0.3, -0.25) is 9.59 Å². The molecular formula is C22H25ClFN3O4S. The van der Waals surface area contributed by atoms with Gasteiger partial charge >= 0.3 is 0 Å². The minimum Gasteiger partial charge on any atom is -0.352 e. The summed E-state index contributed by atoms with van der Waals surface area (Å²) in [7, 11) is -3.83. The molecule has 2 aromatic rings. The van der Waals surface area contributed by atoms with Gasteiger partial charge in [-0.2, -0.15) is 4.31 Å². The van der Waals surface area contributed by atoms with Gasteiger partial charge in [-0.25, -0.2) is 12.8 Å². The van der Waals surface area contributed by atoms with Gasteiger partial charge in [0, 0.05) is 36.8 Å². The normalized spacial score (nSPS) is 15.4. The van der Waals surface area contributed by atoms with Gasteiger partial charge in [0.2, 0.25) is 15.9 Å². The van der Waals surface area contributed by atoms with Gasteiger partial charge < -0.3 is 10.6 Å². The summed E-state index contributed by atoms with van der Waals surface area (Å²) in [5.41, 5.74) is 1.82. The summed E-state index contributed by atoms with van der Waals surface area (Å²) in [5.74, 6) is -1.50. The fourth-order valence-electron chi connectivity index (χ4n) is 3.54. The summed E-state index contributed by atoms with van der Waals surface area (Å²) in [6.07, 6.45) is 0.685. The third-order valence-electron chi connectivity index (χ3n) is 5.45. The fraction of sp³-hybridized carbons (Fsp3) is 0.364. The lowest BCUT2D eigenvalue weighted by atomic mass is 9.97. The second-order valence-corrected chi connectivity index (χ2v) is 9.98. The van der Waals surface area contributed by atoms with Gasteiger partial charge in [-0.15, -0.1) is 0 Å². The molecule has 0 atom stereocenters. The Labute approximate surface area is 192 Å². The van der Waals surface area contributed by atoms with Gasteiger partial charge in [0.05, 0.1) is 9.92 Å². The lowest BCUT2D eigenvalue weighted by Crippen LogP contribution is -2.41. The minimum absolute atomic E-state index is 0.0791. The molecule has 10 heteroatoms. The molecule has 7 nitrogen and oxygen atoms in total.